The number of halogens is 1. The minimum atomic E-state index is -0.397. The van der Waals surface area contributed by atoms with Crippen LogP contribution in [0.25, 0.3) is 11.3 Å². The second kappa shape index (κ2) is 6.25. The smallest absolute Gasteiger partial charge is 0.258 e. The van der Waals surface area contributed by atoms with Gasteiger partial charge in [0, 0.05) is 34.5 Å². The summed E-state index contributed by atoms with van der Waals surface area (Å²) in [6.45, 7) is 0. The Morgan fingerprint density at radius 3 is 2.41 bits per heavy atom. The van der Waals surface area contributed by atoms with Crippen LogP contribution in [-0.4, -0.2) is 9.91 Å². The Labute approximate surface area is 136 Å². The van der Waals surface area contributed by atoms with E-state index in [-0.39, 0.29) is 5.69 Å². The Hall–Kier alpha value is -2.24. The summed E-state index contributed by atoms with van der Waals surface area (Å²) in [6, 6.07) is 14.1. The largest absolute Gasteiger partial charge is 0.269 e. The Kier molecular flexibility index (Phi) is 4.18. The molecule has 0 N–H and O–H groups in total. The van der Waals surface area contributed by atoms with E-state index in [1.54, 1.807) is 23.5 Å². The molecule has 1 aromatic heterocycles. The molecule has 110 valence electrons. The van der Waals surface area contributed by atoms with E-state index >= 15 is 0 Å². The van der Waals surface area contributed by atoms with Crippen LogP contribution in [0.1, 0.15) is 10.6 Å². The van der Waals surface area contributed by atoms with Crippen LogP contribution < -0.4 is 0 Å². The van der Waals surface area contributed by atoms with Crippen LogP contribution in [0.15, 0.2) is 53.9 Å². The Morgan fingerprint density at radius 1 is 1.09 bits per heavy atom. The van der Waals surface area contributed by atoms with Crippen molar-refractivity contribution in [3.63, 3.8) is 0 Å². The summed E-state index contributed by atoms with van der Waals surface area (Å²) in [5.74, 6) is 0. The third kappa shape index (κ3) is 3.32. The van der Waals surface area contributed by atoms with Gasteiger partial charge >= 0.3 is 0 Å². The van der Waals surface area contributed by atoms with Gasteiger partial charge in [-0.2, -0.15) is 0 Å². The van der Waals surface area contributed by atoms with Crippen LogP contribution >= 0.6 is 22.9 Å². The standard InChI is InChI=1S/C16H11ClN2O2S/c17-13-5-3-12(4-6-13)15-10-22-16(18-15)9-11-1-7-14(8-2-11)19(20)21/h1-8,10H,9H2. The lowest BCUT2D eigenvalue weighted by atomic mass is 10.1. The van der Waals surface area contributed by atoms with Crippen molar-refractivity contribution in [1.82, 2.24) is 4.98 Å². The van der Waals surface area contributed by atoms with Gasteiger partial charge in [0.25, 0.3) is 5.69 Å². The average Bonchev–Trinajstić information content (AvgIpc) is 2.97. The number of nitro benzene ring substituents is 1. The lowest BCUT2D eigenvalue weighted by Crippen LogP contribution is -1.90. The van der Waals surface area contributed by atoms with Crippen molar-refractivity contribution in [3.8, 4) is 11.3 Å². The lowest BCUT2D eigenvalue weighted by molar-refractivity contribution is -0.384. The normalized spacial score (nSPS) is 10.6. The van der Waals surface area contributed by atoms with Crippen LogP contribution in [0.4, 0.5) is 5.69 Å². The molecular formula is C16H11ClN2O2S. The summed E-state index contributed by atoms with van der Waals surface area (Å²) in [4.78, 5) is 14.8. The molecule has 0 aliphatic heterocycles. The van der Waals surface area contributed by atoms with E-state index < -0.39 is 4.92 Å². The molecule has 1 heterocycles. The summed E-state index contributed by atoms with van der Waals surface area (Å²) in [7, 11) is 0. The molecule has 3 aromatic rings. The van der Waals surface area contributed by atoms with Gasteiger partial charge in [0.05, 0.1) is 15.6 Å². The van der Waals surface area contributed by atoms with Crippen molar-refractivity contribution in [3.05, 3.63) is 79.6 Å². The van der Waals surface area contributed by atoms with E-state index in [1.165, 1.54) is 12.1 Å². The first-order valence-electron chi connectivity index (χ1n) is 6.55. The van der Waals surface area contributed by atoms with Gasteiger partial charge in [0.2, 0.25) is 0 Å². The zero-order valence-electron chi connectivity index (χ0n) is 11.4. The molecule has 0 saturated carbocycles. The van der Waals surface area contributed by atoms with Crippen molar-refractivity contribution in [2.24, 2.45) is 0 Å². The number of nitro groups is 1. The molecule has 0 aliphatic carbocycles. The van der Waals surface area contributed by atoms with Crippen molar-refractivity contribution < 1.29 is 4.92 Å². The molecule has 0 saturated heterocycles. The number of rotatable bonds is 4. The zero-order chi connectivity index (χ0) is 15.5. The Morgan fingerprint density at radius 2 is 1.77 bits per heavy atom. The second-order valence-electron chi connectivity index (χ2n) is 4.73. The zero-order valence-corrected chi connectivity index (χ0v) is 13.0. The van der Waals surface area contributed by atoms with E-state index in [9.17, 15) is 10.1 Å². The maximum atomic E-state index is 10.6. The maximum Gasteiger partial charge on any atom is 0.269 e. The first-order chi connectivity index (χ1) is 10.6. The highest BCUT2D eigenvalue weighted by molar-refractivity contribution is 7.10. The van der Waals surface area contributed by atoms with Crippen molar-refractivity contribution in [2.75, 3.05) is 0 Å². The fourth-order valence-corrected chi connectivity index (χ4v) is 3.02. The van der Waals surface area contributed by atoms with Gasteiger partial charge in [-0.15, -0.1) is 11.3 Å². The molecule has 22 heavy (non-hydrogen) atoms. The first kappa shape index (κ1) is 14.7. The lowest BCUT2D eigenvalue weighted by Gasteiger charge is -1.98. The van der Waals surface area contributed by atoms with Crippen molar-refractivity contribution >= 4 is 28.6 Å². The first-order valence-corrected chi connectivity index (χ1v) is 7.81. The summed E-state index contributed by atoms with van der Waals surface area (Å²) in [6.07, 6.45) is 0.663. The van der Waals surface area contributed by atoms with Crippen LogP contribution in [0.3, 0.4) is 0 Å². The molecule has 4 nitrogen and oxygen atoms in total. The van der Waals surface area contributed by atoms with Gasteiger partial charge in [-0.1, -0.05) is 35.9 Å². The van der Waals surface area contributed by atoms with Gasteiger partial charge in [0.1, 0.15) is 0 Å². The number of non-ortho nitro benzene ring substituents is 1. The number of aromatic nitrogens is 1. The molecule has 0 aliphatic rings. The predicted octanol–water partition coefficient (Wildman–Crippen LogP) is 4.96. The molecular weight excluding hydrogens is 320 g/mol. The van der Waals surface area contributed by atoms with E-state index in [0.29, 0.717) is 11.4 Å². The van der Waals surface area contributed by atoms with Crippen molar-refractivity contribution in [1.29, 1.82) is 0 Å². The average molecular weight is 331 g/mol. The fourth-order valence-electron chi connectivity index (χ4n) is 2.06. The van der Waals surface area contributed by atoms with Crippen LogP contribution in [0.5, 0.6) is 0 Å². The topological polar surface area (TPSA) is 56.0 Å². The predicted molar refractivity (Wildman–Crippen MR) is 88.5 cm³/mol. The van der Waals surface area contributed by atoms with E-state index in [0.717, 1.165) is 21.8 Å². The minimum absolute atomic E-state index is 0.102. The van der Waals surface area contributed by atoms with Gasteiger partial charge < -0.3 is 0 Å². The molecule has 0 atom stereocenters. The van der Waals surface area contributed by atoms with Gasteiger partial charge in [-0.25, -0.2) is 4.98 Å². The molecule has 0 unspecified atom stereocenters. The molecule has 3 rings (SSSR count). The fraction of sp³-hybridized carbons (Fsp3) is 0.0625. The molecule has 0 fully saturated rings. The van der Waals surface area contributed by atoms with E-state index in [4.69, 9.17) is 11.6 Å². The minimum Gasteiger partial charge on any atom is -0.258 e. The molecule has 0 spiro atoms. The molecule has 2 aromatic carbocycles. The summed E-state index contributed by atoms with van der Waals surface area (Å²) in [5, 5.41) is 14.3. The summed E-state index contributed by atoms with van der Waals surface area (Å²) < 4.78 is 0. The quantitative estimate of drug-likeness (QED) is 0.501. The summed E-state index contributed by atoms with van der Waals surface area (Å²) >= 11 is 7.46. The number of thiazole rings is 1. The van der Waals surface area contributed by atoms with Gasteiger partial charge in [-0.3, -0.25) is 10.1 Å². The number of benzene rings is 2. The molecule has 0 amide bonds. The third-order valence-electron chi connectivity index (χ3n) is 3.19. The molecule has 0 radical (unpaired) electrons. The Balaban J connectivity index is 1.76. The van der Waals surface area contributed by atoms with E-state index in [1.807, 2.05) is 29.6 Å². The molecule has 0 bridgehead atoms. The number of hydrogen-bond donors (Lipinski definition) is 0. The molecule has 6 heteroatoms. The number of nitrogens with zero attached hydrogens (tertiary/aromatic N) is 2. The van der Waals surface area contributed by atoms with Crippen molar-refractivity contribution in [2.45, 2.75) is 6.42 Å². The summed E-state index contributed by atoms with van der Waals surface area (Å²) in [5.41, 5.74) is 3.04. The van der Waals surface area contributed by atoms with Gasteiger partial charge in [0.15, 0.2) is 0 Å². The monoisotopic (exact) mass is 330 g/mol. The SMILES string of the molecule is O=[N+]([O-])c1ccc(Cc2nc(-c3ccc(Cl)cc3)cs2)cc1. The van der Waals surface area contributed by atoms with Crippen LogP contribution in [0, 0.1) is 10.1 Å². The highest BCUT2D eigenvalue weighted by atomic mass is 35.5. The van der Waals surface area contributed by atoms with Crippen LogP contribution in [0.2, 0.25) is 5.02 Å². The van der Waals surface area contributed by atoms with Crippen LogP contribution in [-0.2, 0) is 6.42 Å². The highest BCUT2D eigenvalue weighted by Gasteiger charge is 2.08. The second-order valence-corrected chi connectivity index (χ2v) is 6.11. The van der Waals surface area contributed by atoms with E-state index in [2.05, 4.69) is 4.98 Å². The number of hydrogen-bond acceptors (Lipinski definition) is 4. The Bertz CT molecular complexity index is 798. The van der Waals surface area contributed by atoms with Gasteiger partial charge in [-0.05, 0) is 17.7 Å². The third-order valence-corrected chi connectivity index (χ3v) is 4.30. The highest BCUT2D eigenvalue weighted by Crippen LogP contribution is 2.25. The maximum absolute atomic E-state index is 10.6.